The third kappa shape index (κ3) is 3.12. The first-order valence-corrected chi connectivity index (χ1v) is 9.75. The molecule has 0 aliphatic heterocycles. The topological polar surface area (TPSA) is 44.2 Å². The lowest BCUT2D eigenvalue weighted by molar-refractivity contribution is 0.415. The molecule has 0 saturated heterocycles. The van der Waals surface area contributed by atoms with E-state index < -0.39 is 0 Å². The van der Waals surface area contributed by atoms with Crippen LogP contribution in [0.4, 0.5) is 0 Å². The predicted octanol–water partition coefficient (Wildman–Crippen LogP) is 6.13. The van der Waals surface area contributed by atoms with Gasteiger partial charge >= 0.3 is 0 Å². The lowest BCUT2D eigenvalue weighted by Gasteiger charge is -2.12. The summed E-state index contributed by atoms with van der Waals surface area (Å²) in [6, 6.07) is 28.3. The first kappa shape index (κ1) is 18.1. The quantitative estimate of drug-likeness (QED) is 0.345. The molecule has 0 amide bonds. The van der Waals surface area contributed by atoms with Gasteiger partial charge in [-0.3, -0.25) is 0 Å². The van der Waals surface area contributed by atoms with E-state index in [0.717, 1.165) is 50.0 Å². The van der Waals surface area contributed by atoms with Crippen LogP contribution < -0.4 is 9.47 Å². The molecule has 0 unspecified atom stereocenters. The lowest BCUT2D eigenvalue weighted by atomic mass is 9.99. The first-order chi connectivity index (χ1) is 14.8. The van der Waals surface area contributed by atoms with E-state index in [1.54, 1.807) is 14.2 Å². The first-order valence-electron chi connectivity index (χ1n) is 9.75. The van der Waals surface area contributed by atoms with Crippen molar-refractivity contribution in [1.29, 1.82) is 0 Å². The summed E-state index contributed by atoms with van der Waals surface area (Å²) in [5.41, 5.74) is 3.74. The van der Waals surface area contributed by atoms with Gasteiger partial charge in [0.15, 0.2) is 5.82 Å². The van der Waals surface area contributed by atoms with Crippen molar-refractivity contribution in [2.24, 2.45) is 0 Å². The minimum absolute atomic E-state index is 0.669. The van der Waals surface area contributed by atoms with Crippen LogP contribution in [0.3, 0.4) is 0 Å². The number of benzene rings is 4. The second-order valence-corrected chi connectivity index (χ2v) is 7.04. The fourth-order valence-electron chi connectivity index (χ4n) is 3.75. The van der Waals surface area contributed by atoms with Gasteiger partial charge in [0.25, 0.3) is 0 Å². The van der Waals surface area contributed by atoms with Crippen LogP contribution in [0.1, 0.15) is 0 Å². The molecule has 4 aromatic carbocycles. The highest BCUT2D eigenvalue weighted by Crippen LogP contribution is 2.35. The molecule has 0 aliphatic carbocycles. The number of nitrogens with zero attached hydrogens (tertiary/aromatic N) is 2. The zero-order valence-electron chi connectivity index (χ0n) is 16.8. The van der Waals surface area contributed by atoms with Crippen LogP contribution in [-0.4, -0.2) is 24.2 Å². The molecule has 0 fully saturated rings. The zero-order valence-corrected chi connectivity index (χ0v) is 16.8. The SMILES string of the molecule is COc1ccc(-c2nc(-c3cccc(OC)c3)nc3ccc4ccccc4c23)cc1. The highest BCUT2D eigenvalue weighted by molar-refractivity contribution is 6.12. The molecular weight excluding hydrogens is 372 g/mol. The fraction of sp³-hybridized carbons (Fsp3) is 0.0769. The van der Waals surface area contributed by atoms with Crippen molar-refractivity contribution >= 4 is 21.7 Å². The van der Waals surface area contributed by atoms with E-state index in [4.69, 9.17) is 19.4 Å². The summed E-state index contributed by atoms with van der Waals surface area (Å²) in [6.07, 6.45) is 0. The monoisotopic (exact) mass is 392 g/mol. The number of hydrogen-bond acceptors (Lipinski definition) is 4. The maximum absolute atomic E-state index is 5.39. The van der Waals surface area contributed by atoms with Crippen LogP contribution in [-0.2, 0) is 0 Å². The van der Waals surface area contributed by atoms with Crippen molar-refractivity contribution in [3.05, 3.63) is 84.9 Å². The third-order valence-corrected chi connectivity index (χ3v) is 5.28. The van der Waals surface area contributed by atoms with Crippen molar-refractivity contribution < 1.29 is 9.47 Å². The Kier molecular flexibility index (Phi) is 4.52. The molecule has 4 heteroatoms. The van der Waals surface area contributed by atoms with Crippen LogP contribution in [0.25, 0.3) is 44.3 Å². The van der Waals surface area contributed by atoms with Crippen LogP contribution >= 0.6 is 0 Å². The molecule has 4 nitrogen and oxygen atoms in total. The maximum Gasteiger partial charge on any atom is 0.160 e. The van der Waals surface area contributed by atoms with Gasteiger partial charge in [-0.25, -0.2) is 9.97 Å². The number of methoxy groups -OCH3 is 2. The minimum atomic E-state index is 0.669. The molecule has 146 valence electrons. The Bertz CT molecular complexity index is 1360. The summed E-state index contributed by atoms with van der Waals surface area (Å²) in [5, 5.41) is 3.35. The molecule has 0 N–H and O–H groups in total. The number of fused-ring (bicyclic) bond motifs is 3. The highest BCUT2D eigenvalue weighted by atomic mass is 16.5. The van der Waals surface area contributed by atoms with E-state index in [0.29, 0.717) is 5.82 Å². The fourth-order valence-corrected chi connectivity index (χ4v) is 3.75. The maximum atomic E-state index is 5.39. The van der Waals surface area contributed by atoms with Gasteiger partial charge in [0.1, 0.15) is 11.5 Å². The molecule has 5 rings (SSSR count). The van der Waals surface area contributed by atoms with Gasteiger partial charge in [0.2, 0.25) is 0 Å². The standard InChI is InChI=1S/C26H20N2O2/c1-29-20-13-10-18(11-14-20)25-24-22-9-4-3-6-17(22)12-15-23(24)27-26(28-25)19-7-5-8-21(16-19)30-2/h3-16H,1-2H3. The number of hydrogen-bond donors (Lipinski definition) is 0. The van der Waals surface area contributed by atoms with Crippen molar-refractivity contribution in [1.82, 2.24) is 9.97 Å². The molecule has 5 aromatic rings. The average Bonchev–Trinajstić information content (AvgIpc) is 2.83. The molecular formula is C26H20N2O2. The van der Waals surface area contributed by atoms with Crippen molar-refractivity contribution in [2.45, 2.75) is 0 Å². The molecule has 1 heterocycles. The van der Waals surface area contributed by atoms with Crippen molar-refractivity contribution in [2.75, 3.05) is 14.2 Å². The Morgan fingerprint density at radius 1 is 0.633 bits per heavy atom. The van der Waals surface area contributed by atoms with Gasteiger partial charge in [-0.05, 0) is 53.2 Å². The van der Waals surface area contributed by atoms with E-state index >= 15 is 0 Å². The van der Waals surface area contributed by atoms with Crippen LogP contribution in [0.2, 0.25) is 0 Å². The van der Waals surface area contributed by atoms with E-state index in [1.807, 2.05) is 54.6 Å². The van der Waals surface area contributed by atoms with Gasteiger partial charge in [-0.15, -0.1) is 0 Å². The summed E-state index contributed by atoms with van der Waals surface area (Å²) in [6.45, 7) is 0. The number of ether oxygens (including phenoxy) is 2. The Hall–Kier alpha value is -3.92. The Morgan fingerprint density at radius 3 is 2.23 bits per heavy atom. The zero-order chi connectivity index (χ0) is 20.5. The molecule has 0 atom stereocenters. The summed E-state index contributed by atoms with van der Waals surface area (Å²) in [4.78, 5) is 9.91. The van der Waals surface area contributed by atoms with Crippen molar-refractivity contribution in [3.8, 4) is 34.1 Å². The van der Waals surface area contributed by atoms with Gasteiger partial charge in [-0.1, -0.05) is 42.5 Å². The second kappa shape index (κ2) is 7.48. The third-order valence-electron chi connectivity index (χ3n) is 5.28. The van der Waals surface area contributed by atoms with Gasteiger partial charge in [0.05, 0.1) is 25.4 Å². The molecule has 0 bridgehead atoms. The Balaban J connectivity index is 1.83. The minimum Gasteiger partial charge on any atom is -0.497 e. The van der Waals surface area contributed by atoms with E-state index in [-0.39, 0.29) is 0 Å². The van der Waals surface area contributed by atoms with Crippen LogP contribution in [0, 0.1) is 0 Å². The summed E-state index contributed by atoms with van der Waals surface area (Å²) >= 11 is 0. The van der Waals surface area contributed by atoms with E-state index in [1.165, 1.54) is 0 Å². The molecule has 0 radical (unpaired) electrons. The summed E-state index contributed by atoms with van der Waals surface area (Å²) in [5.74, 6) is 2.26. The average molecular weight is 392 g/mol. The smallest absolute Gasteiger partial charge is 0.160 e. The highest BCUT2D eigenvalue weighted by Gasteiger charge is 2.14. The summed E-state index contributed by atoms with van der Waals surface area (Å²) < 4.78 is 10.7. The Labute approximate surface area is 174 Å². The van der Waals surface area contributed by atoms with Crippen LogP contribution in [0.5, 0.6) is 11.5 Å². The summed E-state index contributed by atoms with van der Waals surface area (Å²) in [7, 11) is 3.33. The van der Waals surface area contributed by atoms with Crippen molar-refractivity contribution in [3.63, 3.8) is 0 Å². The Morgan fingerprint density at radius 2 is 1.43 bits per heavy atom. The van der Waals surface area contributed by atoms with Gasteiger partial charge in [-0.2, -0.15) is 0 Å². The second-order valence-electron chi connectivity index (χ2n) is 7.04. The largest absolute Gasteiger partial charge is 0.497 e. The van der Waals surface area contributed by atoms with E-state index in [2.05, 4.69) is 30.3 Å². The predicted molar refractivity (Wildman–Crippen MR) is 121 cm³/mol. The number of rotatable bonds is 4. The number of aromatic nitrogens is 2. The molecule has 0 aliphatic rings. The molecule has 0 saturated carbocycles. The lowest BCUT2D eigenvalue weighted by Crippen LogP contribution is -1.96. The van der Waals surface area contributed by atoms with E-state index in [9.17, 15) is 0 Å². The molecule has 0 spiro atoms. The van der Waals surface area contributed by atoms with Gasteiger partial charge in [0, 0.05) is 16.5 Å². The normalized spacial score (nSPS) is 11.0. The van der Waals surface area contributed by atoms with Gasteiger partial charge < -0.3 is 9.47 Å². The molecule has 1 aromatic heterocycles. The molecule has 30 heavy (non-hydrogen) atoms. The van der Waals surface area contributed by atoms with Crippen LogP contribution in [0.15, 0.2) is 84.9 Å².